The van der Waals surface area contributed by atoms with E-state index in [2.05, 4.69) is 0 Å². The molecule has 0 bridgehead atoms. The average molecular weight is 240 g/mol. The zero-order valence-electron chi connectivity index (χ0n) is 10.4. The van der Waals surface area contributed by atoms with Gasteiger partial charge in [0, 0.05) is 11.5 Å². The third-order valence-corrected chi connectivity index (χ3v) is 5.17. The molecule has 1 unspecified atom stereocenters. The van der Waals surface area contributed by atoms with E-state index in [9.17, 15) is 4.57 Å². The Morgan fingerprint density at radius 2 is 1.75 bits per heavy atom. The molecule has 0 aromatic heterocycles. The predicted molar refractivity (Wildman–Crippen MR) is 69.8 cm³/mol. The Balaban J connectivity index is 2.91. The normalized spacial score (nSPS) is 14.7. The van der Waals surface area contributed by atoms with Crippen molar-refractivity contribution in [3.05, 3.63) is 29.8 Å². The van der Waals surface area contributed by atoms with Crippen LogP contribution in [0, 0.1) is 6.92 Å². The summed E-state index contributed by atoms with van der Waals surface area (Å²) in [4.78, 5) is 0. The van der Waals surface area contributed by atoms with Crippen LogP contribution in [0.2, 0.25) is 0 Å². The van der Waals surface area contributed by atoms with Crippen LogP contribution < -0.4 is 5.30 Å². The van der Waals surface area contributed by atoms with E-state index >= 15 is 0 Å². The van der Waals surface area contributed by atoms with Crippen LogP contribution in [0.5, 0.6) is 0 Å². The Morgan fingerprint density at radius 3 is 2.25 bits per heavy atom. The van der Waals surface area contributed by atoms with E-state index in [0.29, 0.717) is 12.8 Å². The number of hydrogen-bond acceptors (Lipinski definition) is 2. The number of hydrogen-bond donors (Lipinski definition) is 0. The van der Waals surface area contributed by atoms with Crippen LogP contribution >= 0.6 is 7.37 Å². The molecule has 0 radical (unpaired) electrons. The highest BCUT2D eigenvalue weighted by Crippen LogP contribution is 2.46. The van der Waals surface area contributed by atoms with Crippen molar-refractivity contribution in [2.75, 3.05) is 12.8 Å². The van der Waals surface area contributed by atoms with Crippen molar-refractivity contribution >= 4 is 12.7 Å². The van der Waals surface area contributed by atoms with E-state index in [1.165, 1.54) is 5.56 Å². The molecule has 16 heavy (non-hydrogen) atoms. The molecule has 1 aromatic rings. The molecule has 1 rings (SSSR count). The van der Waals surface area contributed by atoms with Gasteiger partial charge in [0.1, 0.15) is 0 Å². The molecule has 0 amide bonds. The topological polar surface area (TPSA) is 26.3 Å². The fraction of sp³-hybridized carbons (Fsp3) is 0.538. The standard InChI is InChI=1S/C13H21O2P/c1-4-10-15-16(14,11-5-2)13-8-6-12(3)7-9-13/h6-9H,4-5,10-11H2,1-3H3. The summed E-state index contributed by atoms with van der Waals surface area (Å²) >= 11 is 0. The SMILES string of the molecule is CCCOP(=O)(CCC)c1ccc(C)cc1. The molecule has 0 heterocycles. The fourth-order valence-electron chi connectivity index (χ4n) is 1.57. The second-order valence-electron chi connectivity index (χ2n) is 4.07. The lowest BCUT2D eigenvalue weighted by atomic mass is 10.2. The van der Waals surface area contributed by atoms with Gasteiger partial charge in [0.05, 0.1) is 6.61 Å². The van der Waals surface area contributed by atoms with Gasteiger partial charge in [-0.25, -0.2) is 0 Å². The fourth-order valence-corrected chi connectivity index (χ4v) is 3.78. The lowest BCUT2D eigenvalue weighted by Gasteiger charge is -2.18. The summed E-state index contributed by atoms with van der Waals surface area (Å²) in [6.45, 7) is 6.67. The number of rotatable bonds is 6. The first-order valence-corrected chi connectivity index (χ1v) is 7.74. The molecule has 3 heteroatoms. The summed E-state index contributed by atoms with van der Waals surface area (Å²) in [7, 11) is -2.61. The third kappa shape index (κ3) is 3.47. The summed E-state index contributed by atoms with van der Waals surface area (Å²) in [6, 6.07) is 7.85. The molecule has 1 aromatic carbocycles. The van der Waals surface area contributed by atoms with Gasteiger partial charge in [-0.15, -0.1) is 0 Å². The summed E-state index contributed by atoms with van der Waals surface area (Å²) in [5.41, 5.74) is 1.18. The first-order valence-electron chi connectivity index (χ1n) is 5.93. The van der Waals surface area contributed by atoms with Gasteiger partial charge in [-0.2, -0.15) is 0 Å². The van der Waals surface area contributed by atoms with Gasteiger partial charge >= 0.3 is 0 Å². The minimum atomic E-state index is -2.61. The Kier molecular flexibility index (Phi) is 5.24. The van der Waals surface area contributed by atoms with Crippen LogP contribution in [-0.2, 0) is 9.09 Å². The molecular weight excluding hydrogens is 219 g/mol. The molecule has 0 N–H and O–H groups in total. The molecule has 0 aliphatic heterocycles. The Hall–Kier alpha value is -0.590. The van der Waals surface area contributed by atoms with E-state index in [4.69, 9.17) is 4.52 Å². The minimum Gasteiger partial charge on any atom is -0.325 e. The highest BCUT2D eigenvalue weighted by Gasteiger charge is 2.24. The van der Waals surface area contributed by atoms with Gasteiger partial charge < -0.3 is 4.52 Å². The van der Waals surface area contributed by atoms with Gasteiger partial charge in [-0.05, 0) is 31.9 Å². The summed E-state index contributed by atoms with van der Waals surface area (Å²) in [5, 5.41) is 0.855. The second kappa shape index (κ2) is 6.22. The largest absolute Gasteiger partial charge is 0.325 e. The van der Waals surface area contributed by atoms with Crippen molar-refractivity contribution in [1.29, 1.82) is 0 Å². The third-order valence-electron chi connectivity index (χ3n) is 2.45. The van der Waals surface area contributed by atoms with Crippen molar-refractivity contribution in [3.63, 3.8) is 0 Å². The molecule has 0 aliphatic rings. The zero-order chi connectivity index (χ0) is 12.0. The highest BCUT2D eigenvalue weighted by atomic mass is 31.2. The van der Waals surface area contributed by atoms with Gasteiger partial charge in [0.25, 0.3) is 0 Å². The molecule has 1 atom stereocenters. The quantitative estimate of drug-likeness (QED) is 0.708. The maximum absolute atomic E-state index is 12.7. The molecule has 0 fully saturated rings. The smallest absolute Gasteiger partial charge is 0.232 e. The predicted octanol–water partition coefficient (Wildman–Crippen LogP) is 3.74. The summed E-state index contributed by atoms with van der Waals surface area (Å²) < 4.78 is 18.3. The van der Waals surface area contributed by atoms with E-state index in [1.807, 2.05) is 45.0 Å². The van der Waals surface area contributed by atoms with E-state index in [1.54, 1.807) is 0 Å². The van der Waals surface area contributed by atoms with E-state index < -0.39 is 7.37 Å². The molecule has 90 valence electrons. The lowest BCUT2D eigenvalue weighted by Crippen LogP contribution is -2.10. The second-order valence-corrected chi connectivity index (χ2v) is 6.63. The molecule has 0 saturated heterocycles. The first kappa shape index (κ1) is 13.5. The molecular formula is C13H21O2P. The lowest BCUT2D eigenvalue weighted by molar-refractivity contribution is 0.319. The average Bonchev–Trinajstić information content (AvgIpc) is 2.27. The van der Waals surface area contributed by atoms with E-state index in [-0.39, 0.29) is 0 Å². The Morgan fingerprint density at radius 1 is 1.12 bits per heavy atom. The highest BCUT2D eigenvalue weighted by molar-refractivity contribution is 7.67. The van der Waals surface area contributed by atoms with Crippen molar-refractivity contribution in [2.24, 2.45) is 0 Å². The minimum absolute atomic E-state index is 0.575. The van der Waals surface area contributed by atoms with Gasteiger partial charge in [0.2, 0.25) is 7.37 Å². The van der Waals surface area contributed by atoms with Crippen LogP contribution in [0.4, 0.5) is 0 Å². The first-order chi connectivity index (χ1) is 7.62. The zero-order valence-corrected chi connectivity index (χ0v) is 11.3. The van der Waals surface area contributed by atoms with Crippen molar-refractivity contribution in [3.8, 4) is 0 Å². The van der Waals surface area contributed by atoms with Crippen LogP contribution in [0.15, 0.2) is 24.3 Å². The van der Waals surface area contributed by atoms with Gasteiger partial charge in [-0.1, -0.05) is 31.5 Å². The number of benzene rings is 1. The van der Waals surface area contributed by atoms with E-state index in [0.717, 1.165) is 18.1 Å². The van der Waals surface area contributed by atoms with Crippen LogP contribution in [0.1, 0.15) is 32.3 Å². The molecule has 0 spiro atoms. The van der Waals surface area contributed by atoms with Crippen molar-refractivity contribution < 1.29 is 9.09 Å². The Bertz CT molecular complexity index is 357. The van der Waals surface area contributed by atoms with Gasteiger partial charge in [-0.3, -0.25) is 4.57 Å². The molecule has 0 saturated carbocycles. The maximum Gasteiger partial charge on any atom is 0.232 e. The van der Waals surface area contributed by atoms with Crippen molar-refractivity contribution in [1.82, 2.24) is 0 Å². The van der Waals surface area contributed by atoms with Crippen LogP contribution in [-0.4, -0.2) is 12.8 Å². The maximum atomic E-state index is 12.7. The monoisotopic (exact) mass is 240 g/mol. The number of aryl methyl sites for hydroxylation is 1. The van der Waals surface area contributed by atoms with Crippen molar-refractivity contribution in [2.45, 2.75) is 33.6 Å². The summed E-state index contributed by atoms with van der Waals surface area (Å²) in [5.74, 6) is 0. The molecule has 0 aliphatic carbocycles. The Labute approximate surface area is 98.5 Å². The van der Waals surface area contributed by atoms with Gasteiger partial charge in [0.15, 0.2) is 0 Å². The van der Waals surface area contributed by atoms with Crippen LogP contribution in [0.25, 0.3) is 0 Å². The molecule has 2 nitrogen and oxygen atoms in total. The summed E-state index contributed by atoms with van der Waals surface area (Å²) in [6.07, 6.45) is 2.42. The van der Waals surface area contributed by atoms with Crippen LogP contribution in [0.3, 0.4) is 0 Å².